The van der Waals surface area contributed by atoms with Gasteiger partial charge in [0.1, 0.15) is 0 Å². The maximum Gasteiger partial charge on any atom is 0.240 e. The Kier molecular flexibility index (Phi) is 10.3. The van der Waals surface area contributed by atoms with Crippen LogP contribution in [-0.2, 0) is 29.5 Å². The summed E-state index contributed by atoms with van der Waals surface area (Å²) in [5, 5.41) is 6.56. The van der Waals surface area contributed by atoms with E-state index in [1.807, 2.05) is 6.92 Å². The standard InChI is InChI=1S/C18H26N4O2S2.HI/c1-4-15-8-9-16(25-15)13-22-18(20-5-2)21-12-14-6-10-17(11-7-14)26(23,24)19-3;/h6-11,19H,4-5,12-13H2,1-3H3,(H2,20,21,22);1H. The first-order valence-electron chi connectivity index (χ1n) is 8.60. The molecule has 0 radical (unpaired) electrons. The van der Waals surface area contributed by atoms with Crippen molar-refractivity contribution in [2.45, 2.75) is 38.3 Å². The summed E-state index contributed by atoms with van der Waals surface area (Å²) in [5.41, 5.74) is 0.946. The zero-order valence-corrected chi connectivity index (χ0v) is 19.7. The molecule has 0 fully saturated rings. The molecule has 0 aliphatic heterocycles. The Labute approximate surface area is 182 Å². The van der Waals surface area contributed by atoms with Gasteiger partial charge in [-0.2, -0.15) is 0 Å². The average molecular weight is 522 g/mol. The Balaban J connectivity index is 0.00000364. The van der Waals surface area contributed by atoms with E-state index in [0.29, 0.717) is 6.54 Å². The smallest absolute Gasteiger partial charge is 0.240 e. The van der Waals surface area contributed by atoms with Gasteiger partial charge < -0.3 is 10.6 Å². The van der Waals surface area contributed by atoms with Crippen molar-refractivity contribution in [1.29, 1.82) is 0 Å². The summed E-state index contributed by atoms with van der Waals surface area (Å²) in [4.78, 5) is 7.47. The van der Waals surface area contributed by atoms with E-state index in [1.165, 1.54) is 16.8 Å². The lowest BCUT2D eigenvalue weighted by Gasteiger charge is -2.10. The minimum atomic E-state index is -3.40. The second-order valence-corrected chi connectivity index (χ2v) is 8.76. The third-order valence-corrected chi connectivity index (χ3v) is 6.42. The highest BCUT2D eigenvalue weighted by atomic mass is 127. The fraction of sp³-hybridized carbons (Fsp3) is 0.389. The van der Waals surface area contributed by atoms with Crippen molar-refractivity contribution < 1.29 is 8.42 Å². The molecule has 0 saturated heterocycles. The van der Waals surface area contributed by atoms with Gasteiger partial charge in [0, 0.05) is 16.3 Å². The molecule has 2 rings (SSSR count). The van der Waals surface area contributed by atoms with Crippen LogP contribution < -0.4 is 15.4 Å². The number of thiophene rings is 1. The Morgan fingerprint density at radius 2 is 1.70 bits per heavy atom. The number of hydrogen-bond acceptors (Lipinski definition) is 4. The molecule has 2 aromatic rings. The molecule has 1 heterocycles. The van der Waals surface area contributed by atoms with Crippen LogP contribution in [0.1, 0.15) is 29.2 Å². The molecule has 0 amide bonds. The molecular formula is C18H27IN4O2S2. The summed E-state index contributed by atoms with van der Waals surface area (Å²) in [6.45, 7) is 6.15. The number of halogens is 1. The molecule has 150 valence electrons. The quantitative estimate of drug-likeness (QED) is 0.283. The lowest BCUT2D eigenvalue weighted by molar-refractivity contribution is 0.588. The fourth-order valence-electron chi connectivity index (χ4n) is 2.28. The molecule has 3 N–H and O–H groups in total. The lowest BCUT2D eigenvalue weighted by atomic mass is 10.2. The highest BCUT2D eigenvalue weighted by Gasteiger charge is 2.10. The summed E-state index contributed by atoms with van der Waals surface area (Å²) in [6.07, 6.45) is 1.05. The first kappa shape index (κ1) is 23.9. The number of hydrogen-bond donors (Lipinski definition) is 3. The van der Waals surface area contributed by atoms with E-state index >= 15 is 0 Å². The van der Waals surface area contributed by atoms with Gasteiger partial charge in [0.15, 0.2) is 5.96 Å². The Bertz CT molecular complexity index is 833. The first-order valence-corrected chi connectivity index (χ1v) is 10.9. The number of nitrogens with one attached hydrogen (secondary N) is 3. The largest absolute Gasteiger partial charge is 0.357 e. The van der Waals surface area contributed by atoms with Crippen molar-refractivity contribution in [1.82, 2.24) is 15.4 Å². The minimum Gasteiger partial charge on any atom is -0.357 e. The van der Waals surface area contributed by atoms with E-state index in [9.17, 15) is 8.42 Å². The van der Waals surface area contributed by atoms with Crippen molar-refractivity contribution in [2.24, 2.45) is 4.99 Å². The Morgan fingerprint density at radius 3 is 2.26 bits per heavy atom. The average Bonchev–Trinajstić information content (AvgIpc) is 3.12. The summed E-state index contributed by atoms with van der Waals surface area (Å²) >= 11 is 1.81. The summed E-state index contributed by atoms with van der Waals surface area (Å²) in [7, 11) is -2.00. The third-order valence-electron chi connectivity index (χ3n) is 3.76. The normalized spacial score (nSPS) is 11.7. The van der Waals surface area contributed by atoms with E-state index in [0.717, 1.165) is 31.0 Å². The van der Waals surface area contributed by atoms with Crippen LogP contribution in [0.3, 0.4) is 0 Å². The predicted octanol–water partition coefficient (Wildman–Crippen LogP) is 3.09. The van der Waals surface area contributed by atoms with Gasteiger partial charge in [0.05, 0.1) is 18.0 Å². The SMILES string of the molecule is CCNC(=NCc1ccc(S(=O)(=O)NC)cc1)NCc1ccc(CC)s1.I. The molecule has 0 saturated carbocycles. The van der Waals surface area contributed by atoms with Crippen molar-refractivity contribution in [2.75, 3.05) is 13.6 Å². The minimum absolute atomic E-state index is 0. The van der Waals surface area contributed by atoms with Crippen molar-refractivity contribution >= 4 is 51.3 Å². The van der Waals surface area contributed by atoms with Crippen molar-refractivity contribution in [3.8, 4) is 0 Å². The molecule has 0 atom stereocenters. The second-order valence-electron chi connectivity index (χ2n) is 5.62. The fourth-order valence-corrected chi connectivity index (χ4v) is 3.91. The molecule has 6 nitrogen and oxygen atoms in total. The zero-order valence-electron chi connectivity index (χ0n) is 15.8. The number of rotatable bonds is 8. The van der Waals surface area contributed by atoms with Gasteiger partial charge in [-0.05, 0) is 50.2 Å². The van der Waals surface area contributed by atoms with Crippen molar-refractivity contribution in [3.05, 3.63) is 51.7 Å². The summed E-state index contributed by atoms with van der Waals surface area (Å²) in [6, 6.07) is 11.0. The van der Waals surface area contributed by atoms with Crippen LogP contribution >= 0.6 is 35.3 Å². The summed E-state index contributed by atoms with van der Waals surface area (Å²) < 4.78 is 25.8. The van der Waals surface area contributed by atoms with Crippen LogP contribution in [0.15, 0.2) is 46.3 Å². The highest BCUT2D eigenvalue weighted by molar-refractivity contribution is 14.0. The third kappa shape index (κ3) is 7.40. The van der Waals surface area contributed by atoms with Gasteiger partial charge in [-0.1, -0.05) is 19.1 Å². The predicted molar refractivity (Wildman–Crippen MR) is 123 cm³/mol. The number of aliphatic imine (C=N–C) groups is 1. The number of aryl methyl sites for hydroxylation is 1. The first-order chi connectivity index (χ1) is 12.5. The molecule has 0 aliphatic rings. The molecule has 9 heteroatoms. The Hall–Kier alpha value is -1.17. The molecule has 1 aromatic heterocycles. The number of guanidine groups is 1. The van der Waals surface area contributed by atoms with E-state index in [1.54, 1.807) is 35.6 Å². The van der Waals surface area contributed by atoms with Gasteiger partial charge in [0.25, 0.3) is 0 Å². The number of sulfonamides is 1. The van der Waals surface area contributed by atoms with E-state index in [2.05, 4.69) is 39.4 Å². The van der Waals surface area contributed by atoms with Crippen LogP contribution in [-0.4, -0.2) is 28.0 Å². The monoisotopic (exact) mass is 522 g/mol. The van der Waals surface area contributed by atoms with Crippen LogP contribution in [0.2, 0.25) is 0 Å². The molecular weight excluding hydrogens is 495 g/mol. The van der Waals surface area contributed by atoms with Crippen LogP contribution in [0.4, 0.5) is 0 Å². The molecule has 1 aromatic carbocycles. The topological polar surface area (TPSA) is 82.6 Å². The molecule has 0 unspecified atom stereocenters. The maximum absolute atomic E-state index is 11.7. The molecule has 0 spiro atoms. The summed E-state index contributed by atoms with van der Waals surface area (Å²) in [5.74, 6) is 0.742. The maximum atomic E-state index is 11.7. The van der Waals surface area contributed by atoms with E-state index in [4.69, 9.17) is 0 Å². The lowest BCUT2D eigenvalue weighted by Crippen LogP contribution is -2.36. The zero-order chi connectivity index (χ0) is 19.0. The van der Waals surface area contributed by atoms with Gasteiger partial charge in [-0.15, -0.1) is 35.3 Å². The van der Waals surface area contributed by atoms with Crippen molar-refractivity contribution in [3.63, 3.8) is 0 Å². The van der Waals surface area contributed by atoms with Gasteiger partial charge in [0.2, 0.25) is 10.0 Å². The number of nitrogens with zero attached hydrogens (tertiary/aromatic N) is 1. The molecule has 0 aliphatic carbocycles. The molecule has 0 bridgehead atoms. The van der Waals surface area contributed by atoms with Gasteiger partial charge >= 0.3 is 0 Å². The van der Waals surface area contributed by atoms with E-state index in [-0.39, 0.29) is 28.9 Å². The number of benzene rings is 1. The van der Waals surface area contributed by atoms with Gasteiger partial charge in [-0.25, -0.2) is 18.1 Å². The van der Waals surface area contributed by atoms with Crippen LogP contribution in [0.25, 0.3) is 0 Å². The van der Waals surface area contributed by atoms with Gasteiger partial charge in [-0.3, -0.25) is 0 Å². The molecule has 27 heavy (non-hydrogen) atoms. The highest BCUT2D eigenvalue weighted by Crippen LogP contribution is 2.16. The van der Waals surface area contributed by atoms with Crippen LogP contribution in [0.5, 0.6) is 0 Å². The van der Waals surface area contributed by atoms with E-state index < -0.39 is 10.0 Å². The van der Waals surface area contributed by atoms with Crippen LogP contribution in [0, 0.1) is 0 Å². The second kappa shape index (κ2) is 11.6. The Morgan fingerprint density at radius 1 is 1.04 bits per heavy atom.